The van der Waals surface area contributed by atoms with Crippen molar-refractivity contribution in [1.82, 2.24) is 4.72 Å². The fourth-order valence-corrected chi connectivity index (χ4v) is 4.13. The van der Waals surface area contributed by atoms with Crippen LogP contribution in [0.5, 0.6) is 0 Å². The molecular formula is C19H24N2O3S2. The molecule has 0 saturated heterocycles. The SMILES string of the molecule is CSc1ccc(S(=O)(=O)NC(C)c2ccccc2)cc1NC(=O)C(C)C. The summed E-state index contributed by atoms with van der Waals surface area (Å²) < 4.78 is 28.2. The van der Waals surface area contributed by atoms with E-state index in [1.54, 1.807) is 32.9 Å². The second-order valence-electron chi connectivity index (χ2n) is 6.26. The van der Waals surface area contributed by atoms with E-state index in [0.717, 1.165) is 10.5 Å². The summed E-state index contributed by atoms with van der Waals surface area (Å²) in [7, 11) is -3.72. The molecule has 7 heteroatoms. The average molecular weight is 393 g/mol. The Morgan fingerprint density at radius 1 is 1.04 bits per heavy atom. The van der Waals surface area contributed by atoms with Crippen molar-refractivity contribution in [2.75, 3.05) is 11.6 Å². The zero-order valence-corrected chi connectivity index (χ0v) is 16.9. The van der Waals surface area contributed by atoms with Crippen LogP contribution in [0.3, 0.4) is 0 Å². The van der Waals surface area contributed by atoms with Crippen LogP contribution in [-0.4, -0.2) is 20.6 Å². The molecule has 1 atom stereocenters. The Kier molecular flexibility index (Phi) is 6.86. The van der Waals surface area contributed by atoms with Crippen molar-refractivity contribution in [1.29, 1.82) is 0 Å². The molecule has 0 bridgehead atoms. The zero-order chi connectivity index (χ0) is 19.3. The number of hydrogen-bond donors (Lipinski definition) is 2. The first kappa shape index (κ1) is 20.5. The Labute approximate surface area is 159 Å². The van der Waals surface area contributed by atoms with Gasteiger partial charge in [-0.1, -0.05) is 44.2 Å². The number of sulfonamides is 1. The molecule has 2 aromatic rings. The Morgan fingerprint density at radius 2 is 1.69 bits per heavy atom. The van der Waals surface area contributed by atoms with Gasteiger partial charge in [0.25, 0.3) is 0 Å². The molecule has 0 aromatic heterocycles. The van der Waals surface area contributed by atoms with Gasteiger partial charge in [0.15, 0.2) is 0 Å². The Balaban J connectivity index is 2.30. The van der Waals surface area contributed by atoms with Gasteiger partial charge in [0.05, 0.1) is 10.6 Å². The highest BCUT2D eigenvalue weighted by molar-refractivity contribution is 7.98. The first-order valence-corrected chi connectivity index (χ1v) is 11.0. The maximum absolute atomic E-state index is 12.8. The van der Waals surface area contributed by atoms with Crippen LogP contribution in [0.15, 0.2) is 58.3 Å². The van der Waals surface area contributed by atoms with E-state index in [4.69, 9.17) is 0 Å². The lowest BCUT2D eigenvalue weighted by Gasteiger charge is -2.17. The smallest absolute Gasteiger partial charge is 0.241 e. The molecule has 0 aliphatic rings. The maximum Gasteiger partial charge on any atom is 0.241 e. The fraction of sp³-hybridized carbons (Fsp3) is 0.316. The van der Waals surface area contributed by atoms with Crippen molar-refractivity contribution in [3.8, 4) is 0 Å². The highest BCUT2D eigenvalue weighted by Gasteiger charge is 2.20. The number of nitrogens with one attached hydrogen (secondary N) is 2. The molecule has 0 radical (unpaired) electrons. The van der Waals surface area contributed by atoms with Gasteiger partial charge in [-0.2, -0.15) is 0 Å². The normalized spacial score (nSPS) is 12.8. The first-order valence-electron chi connectivity index (χ1n) is 8.30. The summed E-state index contributed by atoms with van der Waals surface area (Å²) in [5, 5.41) is 2.81. The number of amides is 1. The lowest BCUT2D eigenvalue weighted by molar-refractivity contribution is -0.118. The van der Waals surface area contributed by atoms with Crippen molar-refractivity contribution in [3.05, 3.63) is 54.1 Å². The largest absolute Gasteiger partial charge is 0.325 e. The minimum Gasteiger partial charge on any atom is -0.325 e. The van der Waals surface area contributed by atoms with Crippen molar-refractivity contribution in [2.45, 2.75) is 36.6 Å². The fourth-order valence-electron chi connectivity index (χ4n) is 2.34. The monoisotopic (exact) mass is 392 g/mol. The summed E-state index contributed by atoms with van der Waals surface area (Å²) in [5.41, 5.74) is 1.39. The molecular weight excluding hydrogens is 368 g/mol. The summed E-state index contributed by atoms with van der Waals surface area (Å²) >= 11 is 1.45. The van der Waals surface area contributed by atoms with E-state index in [1.165, 1.54) is 17.8 Å². The lowest BCUT2D eigenvalue weighted by Crippen LogP contribution is -2.27. The van der Waals surface area contributed by atoms with Gasteiger partial charge in [-0.15, -0.1) is 11.8 Å². The maximum atomic E-state index is 12.8. The van der Waals surface area contributed by atoms with Gasteiger partial charge in [0, 0.05) is 16.9 Å². The predicted octanol–water partition coefficient (Wildman–Crippen LogP) is 4.04. The number of thioether (sulfide) groups is 1. The summed E-state index contributed by atoms with van der Waals surface area (Å²) in [6, 6.07) is 13.8. The molecule has 0 fully saturated rings. The third kappa shape index (κ3) is 5.09. The van der Waals surface area contributed by atoms with Gasteiger partial charge in [0.1, 0.15) is 0 Å². The van der Waals surface area contributed by atoms with Crippen LogP contribution < -0.4 is 10.0 Å². The Hall–Kier alpha value is -1.83. The summed E-state index contributed by atoms with van der Waals surface area (Å²) in [5.74, 6) is -0.346. The third-order valence-electron chi connectivity index (χ3n) is 3.89. The minimum atomic E-state index is -3.72. The predicted molar refractivity (Wildman–Crippen MR) is 107 cm³/mol. The van der Waals surface area contributed by atoms with Gasteiger partial charge in [-0.25, -0.2) is 13.1 Å². The van der Waals surface area contributed by atoms with Crippen LogP contribution in [0.4, 0.5) is 5.69 Å². The molecule has 0 saturated carbocycles. The highest BCUT2D eigenvalue weighted by atomic mass is 32.2. The second-order valence-corrected chi connectivity index (χ2v) is 8.82. The van der Waals surface area contributed by atoms with Crippen LogP contribution in [0.1, 0.15) is 32.4 Å². The van der Waals surface area contributed by atoms with E-state index in [0.29, 0.717) is 5.69 Å². The van der Waals surface area contributed by atoms with Crippen LogP contribution in [-0.2, 0) is 14.8 Å². The highest BCUT2D eigenvalue weighted by Crippen LogP contribution is 2.29. The standard InChI is InChI=1S/C19H24N2O3S2/c1-13(2)19(22)20-17-12-16(10-11-18(17)25-4)26(23,24)21-14(3)15-8-6-5-7-9-15/h5-14,21H,1-4H3,(H,20,22). The number of hydrogen-bond acceptors (Lipinski definition) is 4. The zero-order valence-electron chi connectivity index (χ0n) is 15.3. The molecule has 2 N–H and O–H groups in total. The number of benzene rings is 2. The van der Waals surface area contributed by atoms with E-state index in [2.05, 4.69) is 10.0 Å². The van der Waals surface area contributed by atoms with Gasteiger partial charge in [-0.3, -0.25) is 4.79 Å². The van der Waals surface area contributed by atoms with Gasteiger partial charge < -0.3 is 5.32 Å². The molecule has 26 heavy (non-hydrogen) atoms. The van der Waals surface area contributed by atoms with Crippen LogP contribution in [0, 0.1) is 5.92 Å². The van der Waals surface area contributed by atoms with E-state index < -0.39 is 10.0 Å². The number of rotatable bonds is 7. The molecule has 2 rings (SSSR count). The van der Waals surface area contributed by atoms with E-state index >= 15 is 0 Å². The van der Waals surface area contributed by atoms with Gasteiger partial charge >= 0.3 is 0 Å². The molecule has 1 unspecified atom stereocenters. The quantitative estimate of drug-likeness (QED) is 0.697. The van der Waals surface area contributed by atoms with Crippen LogP contribution in [0.25, 0.3) is 0 Å². The summed E-state index contributed by atoms with van der Waals surface area (Å²) in [6.45, 7) is 5.38. The number of carbonyl (C=O) groups excluding carboxylic acids is 1. The molecule has 1 amide bonds. The van der Waals surface area contributed by atoms with Crippen molar-refractivity contribution in [2.24, 2.45) is 5.92 Å². The van der Waals surface area contributed by atoms with Crippen LogP contribution in [0.2, 0.25) is 0 Å². The molecule has 5 nitrogen and oxygen atoms in total. The molecule has 0 aliphatic heterocycles. The lowest BCUT2D eigenvalue weighted by atomic mass is 10.1. The number of anilines is 1. The first-order chi connectivity index (χ1) is 12.2. The molecule has 0 heterocycles. The minimum absolute atomic E-state index is 0.122. The van der Waals surface area contributed by atoms with Crippen molar-refractivity contribution < 1.29 is 13.2 Å². The Morgan fingerprint density at radius 3 is 2.27 bits per heavy atom. The van der Waals surface area contributed by atoms with Gasteiger partial charge in [0.2, 0.25) is 15.9 Å². The summed E-state index contributed by atoms with van der Waals surface area (Å²) in [6.07, 6.45) is 1.88. The second kappa shape index (κ2) is 8.70. The van der Waals surface area contributed by atoms with Gasteiger partial charge in [-0.05, 0) is 36.9 Å². The summed E-state index contributed by atoms with van der Waals surface area (Å²) in [4.78, 5) is 13.0. The van der Waals surface area contributed by atoms with Crippen molar-refractivity contribution in [3.63, 3.8) is 0 Å². The third-order valence-corrected chi connectivity index (χ3v) is 6.23. The Bertz CT molecular complexity index is 866. The van der Waals surface area contributed by atoms with E-state index in [9.17, 15) is 13.2 Å². The average Bonchev–Trinajstić information content (AvgIpc) is 2.61. The molecule has 0 aliphatic carbocycles. The molecule has 2 aromatic carbocycles. The number of carbonyl (C=O) groups is 1. The molecule has 0 spiro atoms. The van der Waals surface area contributed by atoms with Crippen molar-refractivity contribution >= 4 is 33.4 Å². The molecule has 140 valence electrons. The topological polar surface area (TPSA) is 75.3 Å². The van der Waals surface area contributed by atoms with E-state index in [1.807, 2.05) is 36.6 Å². The van der Waals surface area contributed by atoms with Crippen LogP contribution >= 0.6 is 11.8 Å². The van der Waals surface area contributed by atoms with E-state index in [-0.39, 0.29) is 22.8 Å².